The Morgan fingerprint density at radius 3 is 2.71 bits per heavy atom. The molecule has 76 valence electrons. The smallest absolute Gasteiger partial charge is 0.219 e. The molecule has 1 aromatic carbocycles. The van der Waals surface area contributed by atoms with Gasteiger partial charge in [-0.05, 0) is 33.6 Å². The first-order valence-corrected chi connectivity index (χ1v) is 4.79. The predicted octanol–water partition coefficient (Wildman–Crippen LogP) is 1.46. The van der Waals surface area contributed by atoms with E-state index in [2.05, 4.69) is 15.9 Å². The van der Waals surface area contributed by atoms with Crippen molar-refractivity contribution < 1.29 is 9.18 Å². The van der Waals surface area contributed by atoms with Crippen LogP contribution in [0.4, 0.5) is 4.39 Å². The summed E-state index contributed by atoms with van der Waals surface area (Å²) in [5, 5.41) is 0. The molecule has 1 amide bonds. The second-order valence-corrected chi connectivity index (χ2v) is 3.80. The molecule has 1 rings (SSSR count). The molecule has 0 radical (unpaired) electrons. The van der Waals surface area contributed by atoms with Crippen molar-refractivity contribution >= 4 is 21.8 Å². The zero-order chi connectivity index (χ0) is 10.7. The molecule has 4 N–H and O–H groups in total. The second-order valence-electron chi connectivity index (χ2n) is 2.95. The van der Waals surface area contributed by atoms with E-state index in [-0.39, 0.29) is 12.2 Å². The van der Waals surface area contributed by atoms with Gasteiger partial charge in [0.05, 0.1) is 4.47 Å². The first-order valence-electron chi connectivity index (χ1n) is 3.99. The first-order chi connectivity index (χ1) is 6.50. The van der Waals surface area contributed by atoms with E-state index in [1.807, 2.05) is 0 Å². The van der Waals surface area contributed by atoms with E-state index in [0.717, 1.165) is 0 Å². The van der Waals surface area contributed by atoms with E-state index in [4.69, 9.17) is 11.5 Å². The SMILES string of the molecule is NC(=O)C[C@H](N)c1ccc(F)c(Br)c1. The van der Waals surface area contributed by atoms with Crippen LogP contribution in [-0.4, -0.2) is 5.91 Å². The van der Waals surface area contributed by atoms with Gasteiger partial charge in [0, 0.05) is 12.5 Å². The minimum Gasteiger partial charge on any atom is -0.370 e. The maximum absolute atomic E-state index is 12.8. The van der Waals surface area contributed by atoms with Crippen molar-refractivity contribution in [3.05, 3.63) is 34.1 Å². The van der Waals surface area contributed by atoms with Crippen molar-refractivity contribution in [2.45, 2.75) is 12.5 Å². The van der Waals surface area contributed by atoms with E-state index in [1.54, 1.807) is 6.07 Å². The average molecular weight is 261 g/mol. The quantitative estimate of drug-likeness (QED) is 0.864. The monoisotopic (exact) mass is 260 g/mol. The van der Waals surface area contributed by atoms with Gasteiger partial charge in [0.1, 0.15) is 5.82 Å². The fraction of sp³-hybridized carbons (Fsp3) is 0.222. The number of carbonyl (C=O) groups is 1. The predicted molar refractivity (Wildman–Crippen MR) is 54.8 cm³/mol. The normalized spacial score (nSPS) is 12.5. The van der Waals surface area contributed by atoms with E-state index >= 15 is 0 Å². The summed E-state index contributed by atoms with van der Waals surface area (Å²) in [6.07, 6.45) is 0.0536. The van der Waals surface area contributed by atoms with Crippen molar-refractivity contribution in [3.63, 3.8) is 0 Å². The minimum atomic E-state index is -0.482. The van der Waals surface area contributed by atoms with Crippen LogP contribution in [0.1, 0.15) is 18.0 Å². The molecular formula is C9H10BrFN2O. The van der Waals surface area contributed by atoms with Gasteiger partial charge in [-0.15, -0.1) is 0 Å². The van der Waals surface area contributed by atoms with Crippen LogP contribution in [0.2, 0.25) is 0 Å². The molecule has 1 atom stereocenters. The van der Waals surface area contributed by atoms with Crippen molar-refractivity contribution in [1.82, 2.24) is 0 Å². The molecule has 5 heteroatoms. The third-order valence-electron chi connectivity index (χ3n) is 1.79. The molecule has 0 heterocycles. The Morgan fingerprint density at radius 1 is 1.57 bits per heavy atom. The number of primary amides is 1. The summed E-state index contributed by atoms with van der Waals surface area (Å²) in [5.41, 5.74) is 11.3. The summed E-state index contributed by atoms with van der Waals surface area (Å²) in [5.74, 6) is -0.835. The Labute approximate surface area is 89.4 Å². The Bertz CT molecular complexity index is 357. The third kappa shape index (κ3) is 2.78. The molecule has 14 heavy (non-hydrogen) atoms. The molecule has 1 aromatic rings. The van der Waals surface area contributed by atoms with Gasteiger partial charge in [0.2, 0.25) is 5.91 Å². The number of amides is 1. The molecule has 3 nitrogen and oxygen atoms in total. The maximum atomic E-state index is 12.8. The van der Waals surface area contributed by atoms with Gasteiger partial charge in [-0.2, -0.15) is 0 Å². The van der Waals surface area contributed by atoms with Crippen molar-refractivity contribution in [3.8, 4) is 0 Å². The summed E-state index contributed by atoms with van der Waals surface area (Å²) >= 11 is 3.03. The molecule has 0 fully saturated rings. The largest absolute Gasteiger partial charge is 0.370 e. The van der Waals surface area contributed by atoms with E-state index in [0.29, 0.717) is 10.0 Å². The van der Waals surface area contributed by atoms with E-state index < -0.39 is 11.9 Å². The van der Waals surface area contributed by atoms with Gasteiger partial charge in [-0.25, -0.2) is 4.39 Å². The highest BCUT2D eigenvalue weighted by atomic mass is 79.9. The van der Waals surface area contributed by atoms with Crippen LogP contribution in [0.3, 0.4) is 0 Å². The highest BCUT2D eigenvalue weighted by Gasteiger charge is 2.10. The molecule has 0 aliphatic rings. The van der Waals surface area contributed by atoms with Crippen LogP contribution in [0.25, 0.3) is 0 Å². The van der Waals surface area contributed by atoms with Gasteiger partial charge in [0.25, 0.3) is 0 Å². The van der Waals surface area contributed by atoms with Crippen LogP contribution in [0.15, 0.2) is 22.7 Å². The van der Waals surface area contributed by atoms with Gasteiger partial charge in [-0.1, -0.05) is 6.07 Å². The lowest BCUT2D eigenvalue weighted by Crippen LogP contribution is -2.20. The highest BCUT2D eigenvalue weighted by Crippen LogP contribution is 2.21. The van der Waals surface area contributed by atoms with Crippen LogP contribution >= 0.6 is 15.9 Å². The van der Waals surface area contributed by atoms with Gasteiger partial charge in [0.15, 0.2) is 0 Å². The molecule has 0 unspecified atom stereocenters. The fourth-order valence-electron chi connectivity index (χ4n) is 1.08. The van der Waals surface area contributed by atoms with Gasteiger partial charge < -0.3 is 11.5 Å². The first kappa shape index (κ1) is 11.1. The summed E-state index contributed by atoms with van der Waals surface area (Å²) in [7, 11) is 0. The highest BCUT2D eigenvalue weighted by molar-refractivity contribution is 9.10. The molecular weight excluding hydrogens is 251 g/mol. The molecule has 0 saturated carbocycles. The Kier molecular flexibility index (Phi) is 3.60. The van der Waals surface area contributed by atoms with Crippen LogP contribution in [-0.2, 0) is 4.79 Å². The summed E-state index contributed by atoms with van der Waals surface area (Å²) in [6.45, 7) is 0. The molecule has 0 bridgehead atoms. The zero-order valence-electron chi connectivity index (χ0n) is 7.34. The lowest BCUT2D eigenvalue weighted by Gasteiger charge is -2.10. The van der Waals surface area contributed by atoms with Gasteiger partial charge in [-0.3, -0.25) is 4.79 Å². The number of hydrogen-bond acceptors (Lipinski definition) is 2. The van der Waals surface area contributed by atoms with Crippen molar-refractivity contribution in [2.75, 3.05) is 0 Å². The van der Waals surface area contributed by atoms with Crippen molar-refractivity contribution in [2.24, 2.45) is 11.5 Å². The number of benzene rings is 1. The van der Waals surface area contributed by atoms with Crippen LogP contribution in [0, 0.1) is 5.82 Å². The number of hydrogen-bond donors (Lipinski definition) is 2. The van der Waals surface area contributed by atoms with Crippen molar-refractivity contribution in [1.29, 1.82) is 0 Å². The third-order valence-corrected chi connectivity index (χ3v) is 2.40. The summed E-state index contributed by atoms with van der Waals surface area (Å²) < 4.78 is 13.2. The summed E-state index contributed by atoms with van der Waals surface area (Å²) in [4.78, 5) is 10.6. The number of rotatable bonds is 3. The molecule has 0 saturated heterocycles. The van der Waals surface area contributed by atoms with Gasteiger partial charge >= 0.3 is 0 Å². The maximum Gasteiger partial charge on any atom is 0.219 e. The second kappa shape index (κ2) is 4.52. The van der Waals surface area contributed by atoms with E-state index in [1.165, 1.54) is 12.1 Å². The summed E-state index contributed by atoms with van der Waals surface area (Å²) in [6, 6.07) is 3.89. The zero-order valence-corrected chi connectivity index (χ0v) is 8.92. The number of nitrogens with two attached hydrogens (primary N) is 2. The fourth-order valence-corrected chi connectivity index (χ4v) is 1.47. The number of halogens is 2. The average Bonchev–Trinajstić information content (AvgIpc) is 2.08. The Balaban J connectivity index is 2.85. The topological polar surface area (TPSA) is 69.1 Å². The molecule has 0 aromatic heterocycles. The standard InChI is InChI=1S/C9H10BrFN2O/c10-6-3-5(1-2-7(6)11)8(12)4-9(13)14/h1-3,8H,4,12H2,(H2,13,14)/t8-/m0/s1. The Hall–Kier alpha value is -0.940. The lowest BCUT2D eigenvalue weighted by atomic mass is 10.0. The number of carbonyl (C=O) groups excluding carboxylic acids is 1. The Morgan fingerprint density at radius 2 is 2.21 bits per heavy atom. The lowest BCUT2D eigenvalue weighted by molar-refractivity contribution is -0.118. The van der Waals surface area contributed by atoms with E-state index in [9.17, 15) is 9.18 Å². The molecule has 0 aliphatic carbocycles. The minimum absolute atomic E-state index is 0.0536. The molecule has 0 spiro atoms. The molecule has 0 aliphatic heterocycles. The van der Waals surface area contributed by atoms with Crippen LogP contribution < -0.4 is 11.5 Å². The van der Waals surface area contributed by atoms with Crippen LogP contribution in [0.5, 0.6) is 0 Å².